The normalized spacial score (nSPS) is 10.2. The molecular formula is C11H10BrN3O2. The van der Waals surface area contributed by atoms with Gasteiger partial charge in [0.05, 0.1) is 16.4 Å². The summed E-state index contributed by atoms with van der Waals surface area (Å²) in [7, 11) is 1.76. The van der Waals surface area contributed by atoms with Gasteiger partial charge in [0.25, 0.3) is 5.91 Å². The molecule has 0 aliphatic rings. The summed E-state index contributed by atoms with van der Waals surface area (Å²) in [4.78, 5) is 11.8. The van der Waals surface area contributed by atoms with Gasteiger partial charge in [0.2, 0.25) is 0 Å². The molecule has 1 heterocycles. The molecule has 88 valence electrons. The Morgan fingerprint density at radius 3 is 2.88 bits per heavy atom. The minimum atomic E-state index is -0.291. The number of aromatic nitrogens is 2. The van der Waals surface area contributed by atoms with Crippen LogP contribution in [0.5, 0.6) is 5.75 Å². The first-order valence-corrected chi connectivity index (χ1v) is 5.64. The quantitative estimate of drug-likeness (QED) is 0.892. The van der Waals surface area contributed by atoms with E-state index < -0.39 is 0 Å². The van der Waals surface area contributed by atoms with Crippen LogP contribution in [0.15, 0.2) is 35.1 Å². The summed E-state index contributed by atoms with van der Waals surface area (Å²) in [5.74, 6) is -0.260. The first-order valence-electron chi connectivity index (χ1n) is 4.85. The summed E-state index contributed by atoms with van der Waals surface area (Å²) in [5.41, 5.74) is 0.995. The molecule has 17 heavy (non-hydrogen) atoms. The van der Waals surface area contributed by atoms with Crippen molar-refractivity contribution >= 4 is 27.5 Å². The summed E-state index contributed by atoms with van der Waals surface area (Å²) in [6.07, 6.45) is 3.24. The summed E-state index contributed by atoms with van der Waals surface area (Å²) in [5, 5.41) is 16.1. The van der Waals surface area contributed by atoms with Crippen LogP contribution in [0.4, 0.5) is 5.69 Å². The van der Waals surface area contributed by atoms with Crippen molar-refractivity contribution in [3.05, 3.63) is 40.6 Å². The van der Waals surface area contributed by atoms with Crippen molar-refractivity contribution in [2.45, 2.75) is 0 Å². The van der Waals surface area contributed by atoms with Crippen LogP contribution in [0.3, 0.4) is 0 Å². The van der Waals surface area contributed by atoms with Crippen LogP contribution in [-0.4, -0.2) is 20.8 Å². The fraction of sp³-hybridized carbons (Fsp3) is 0.0909. The number of carbonyl (C=O) groups is 1. The molecule has 0 saturated carbocycles. The van der Waals surface area contributed by atoms with Crippen molar-refractivity contribution < 1.29 is 9.90 Å². The van der Waals surface area contributed by atoms with E-state index in [2.05, 4.69) is 26.3 Å². The number of hydrogen-bond donors (Lipinski definition) is 2. The minimum Gasteiger partial charge on any atom is -0.507 e. The third-order valence-electron chi connectivity index (χ3n) is 2.17. The van der Waals surface area contributed by atoms with E-state index in [9.17, 15) is 9.90 Å². The summed E-state index contributed by atoms with van der Waals surface area (Å²) in [6, 6.07) is 4.64. The molecule has 0 aliphatic heterocycles. The molecule has 2 N–H and O–H groups in total. The number of carbonyl (C=O) groups excluding carboxylic acids is 1. The molecule has 0 spiro atoms. The average Bonchev–Trinajstić information content (AvgIpc) is 2.68. The number of phenols is 1. The van der Waals surface area contributed by atoms with Gasteiger partial charge in [-0.1, -0.05) is 0 Å². The molecule has 0 unspecified atom stereocenters. The van der Waals surface area contributed by atoms with Crippen LogP contribution in [0.1, 0.15) is 10.4 Å². The number of amides is 1. The zero-order valence-corrected chi connectivity index (χ0v) is 10.6. The van der Waals surface area contributed by atoms with Crippen LogP contribution in [0, 0.1) is 0 Å². The molecule has 0 bridgehead atoms. The number of rotatable bonds is 2. The van der Waals surface area contributed by atoms with Gasteiger partial charge in [-0.2, -0.15) is 5.10 Å². The van der Waals surface area contributed by atoms with Gasteiger partial charge in [0.1, 0.15) is 5.75 Å². The second-order valence-electron chi connectivity index (χ2n) is 3.52. The number of aromatic hydroxyl groups is 1. The average molecular weight is 296 g/mol. The van der Waals surface area contributed by atoms with Crippen LogP contribution in [0.25, 0.3) is 0 Å². The van der Waals surface area contributed by atoms with E-state index >= 15 is 0 Å². The SMILES string of the molecule is Cn1cc(NC(=O)c2ccc(Br)c(O)c2)cn1. The highest BCUT2D eigenvalue weighted by molar-refractivity contribution is 9.10. The van der Waals surface area contributed by atoms with Crippen molar-refractivity contribution in [1.82, 2.24) is 9.78 Å². The zero-order chi connectivity index (χ0) is 12.4. The number of phenolic OH excluding ortho intramolecular Hbond substituents is 1. The van der Waals surface area contributed by atoms with E-state index in [1.165, 1.54) is 6.07 Å². The second-order valence-corrected chi connectivity index (χ2v) is 4.38. The maximum atomic E-state index is 11.8. The number of aryl methyl sites for hydroxylation is 1. The van der Waals surface area contributed by atoms with Gasteiger partial charge in [-0.3, -0.25) is 9.48 Å². The van der Waals surface area contributed by atoms with Crippen molar-refractivity contribution in [3.63, 3.8) is 0 Å². The van der Waals surface area contributed by atoms with Crippen LogP contribution in [-0.2, 0) is 7.05 Å². The standard InChI is InChI=1S/C11H10BrN3O2/c1-15-6-8(5-13-15)14-11(17)7-2-3-9(12)10(16)4-7/h2-6,16H,1H3,(H,14,17). The number of benzene rings is 1. The fourth-order valence-electron chi connectivity index (χ4n) is 1.34. The van der Waals surface area contributed by atoms with E-state index in [-0.39, 0.29) is 11.7 Å². The molecule has 0 saturated heterocycles. The monoisotopic (exact) mass is 295 g/mol. The van der Waals surface area contributed by atoms with E-state index in [0.717, 1.165) is 0 Å². The third-order valence-corrected chi connectivity index (χ3v) is 2.84. The molecule has 0 atom stereocenters. The Bertz CT molecular complexity index is 566. The van der Waals surface area contributed by atoms with E-state index in [1.807, 2.05) is 0 Å². The molecule has 2 rings (SSSR count). The predicted molar refractivity (Wildman–Crippen MR) is 67.0 cm³/mol. The molecule has 0 fully saturated rings. The van der Waals surface area contributed by atoms with Gasteiger partial charge in [-0.05, 0) is 34.1 Å². The summed E-state index contributed by atoms with van der Waals surface area (Å²) >= 11 is 3.15. The Morgan fingerprint density at radius 1 is 1.53 bits per heavy atom. The van der Waals surface area contributed by atoms with Gasteiger partial charge in [-0.25, -0.2) is 0 Å². The lowest BCUT2D eigenvalue weighted by molar-refractivity contribution is 0.102. The molecule has 1 aromatic carbocycles. The van der Waals surface area contributed by atoms with Crippen molar-refractivity contribution in [2.75, 3.05) is 5.32 Å². The van der Waals surface area contributed by atoms with Gasteiger partial charge in [-0.15, -0.1) is 0 Å². The minimum absolute atomic E-state index is 0.0313. The second kappa shape index (κ2) is 4.58. The lowest BCUT2D eigenvalue weighted by atomic mass is 10.2. The van der Waals surface area contributed by atoms with E-state index in [0.29, 0.717) is 15.7 Å². The Labute approximate surface area is 106 Å². The van der Waals surface area contributed by atoms with Gasteiger partial charge >= 0.3 is 0 Å². The zero-order valence-electron chi connectivity index (χ0n) is 9.01. The third kappa shape index (κ3) is 2.65. The van der Waals surface area contributed by atoms with Crippen LogP contribution < -0.4 is 5.32 Å². The van der Waals surface area contributed by atoms with Crippen molar-refractivity contribution in [1.29, 1.82) is 0 Å². The topological polar surface area (TPSA) is 67.2 Å². The molecule has 1 aromatic heterocycles. The molecule has 2 aromatic rings. The Balaban J connectivity index is 2.17. The van der Waals surface area contributed by atoms with Gasteiger partial charge < -0.3 is 10.4 Å². The highest BCUT2D eigenvalue weighted by atomic mass is 79.9. The number of nitrogens with one attached hydrogen (secondary N) is 1. The molecule has 0 aliphatic carbocycles. The molecule has 6 heteroatoms. The maximum Gasteiger partial charge on any atom is 0.255 e. The molecule has 5 nitrogen and oxygen atoms in total. The van der Waals surface area contributed by atoms with Gasteiger partial charge in [0, 0.05) is 18.8 Å². The highest BCUT2D eigenvalue weighted by Gasteiger charge is 2.09. The fourth-order valence-corrected chi connectivity index (χ4v) is 1.59. The molecule has 1 amide bonds. The molecular weight excluding hydrogens is 286 g/mol. The highest BCUT2D eigenvalue weighted by Crippen LogP contribution is 2.24. The Morgan fingerprint density at radius 2 is 2.29 bits per heavy atom. The number of anilines is 1. The summed E-state index contributed by atoms with van der Waals surface area (Å²) in [6.45, 7) is 0. The number of nitrogens with zero attached hydrogens (tertiary/aromatic N) is 2. The molecule has 0 radical (unpaired) electrons. The lowest BCUT2D eigenvalue weighted by Gasteiger charge is -2.03. The Kier molecular flexibility index (Phi) is 3.14. The first kappa shape index (κ1) is 11.7. The Hall–Kier alpha value is -1.82. The number of halogens is 1. The van der Waals surface area contributed by atoms with Crippen LogP contribution in [0.2, 0.25) is 0 Å². The largest absolute Gasteiger partial charge is 0.507 e. The van der Waals surface area contributed by atoms with Crippen LogP contribution >= 0.6 is 15.9 Å². The summed E-state index contributed by atoms with van der Waals surface area (Å²) < 4.78 is 2.14. The number of hydrogen-bond acceptors (Lipinski definition) is 3. The van der Waals surface area contributed by atoms with Crippen molar-refractivity contribution in [2.24, 2.45) is 7.05 Å². The van der Waals surface area contributed by atoms with Crippen molar-refractivity contribution in [3.8, 4) is 5.75 Å². The predicted octanol–water partition coefficient (Wildman–Crippen LogP) is 2.14. The van der Waals surface area contributed by atoms with E-state index in [1.54, 1.807) is 36.3 Å². The van der Waals surface area contributed by atoms with E-state index in [4.69, 9.17) is 0 Å². The smallest absolute Gasteiger partial charge is 0.255 e. The van der Waals surface area contributed by atoms with Gasteiger partial charge in [0.15, 0.2) is 0 Å². The maximum absolute atomic E-state index is 11.8. The lowest BCUT2D eigenvalue weighted by Crippen LogP contribution is -2.11. The first-order chi connectivity index (χ1) is 8.06.